The maximum atomic E-state index is 10.5. The Balaban J connectivity index is 0.00000104. The van der Waals surface area contributed by atoms with Gasteiger partial charge in [0, 0.05) is 24.7 Å². The number of methoxy groups -OCH3 is 1. The number of ether oxygens (including phenoxy) is 1. The Morgan fingerprint density at radius 1 is 1.06 bits per heavy atom. The van der Waals surface area contributed by atoms with Crippen LogP contribution in [0.1, 0.15) is 24.2 Å². The van der Waals surface area contributed by atoms with E-state index in [-0.39, 0.29) is 23.0 Å². The van der Waals surface area contributed by atoms with Crippen molar-refractivity contribution in [1.82, 2.24) is 5.32 Å². The monoisotopic (exact) mass is 478 g/mol. The van der Waals surface area contributed by atoms with Gasteiger partial charge in [-0.2, -0.15) is 0 Å². The van der Waals surface area contributed by atoms with Gasteiger partial charge in [0.1, 0.15) is 11.5 Å². The molecule has 11 heteroatoms. The Hall–Kier alpha value is -3.93. The van der Waals surface area contributed by atoms with E-state index >= 15 is 0 Å². The predicted molar refractivity (Wildman–Crippen MR) is 125 cm³/mol. The van der Waals surface area contributed by atoms with E-state index in [4.69, 9.17) is 14.9 Å². The number of benzene rings is 2. The molecule has 2 aromatic carbocycles. The normalized spacial score (nSPS) is 11.9. The number of carboxylic acid groups (broad SMARTS) is 2. The summed E-state index contributed by atoms with van der Waals surface area (Å²) in [5.41, 5.74) is 2.07. The number of aliphatic hydroxyl groups excluding tert-OH is 1. The molecule has 34 heavy (non-hydrogen) atoms. The van der Waals surface area contributed by atoms with Crippen LogP contribution in [0.3, 0.4) is 0 Å². The molecule has 8 N–H and O–H groups in total. The van der Waals surface area contributed by atoms with Crippen molar-refractivity contribution in [1.29, 1.82) is 0 Å². The second-order valence-corrected chi connectivity index (χ2v) is 6.93. The molecule has 0 radical (unpaired) electrons. The maximum absolute atomic E-state index is 10.5. The first-order valence-corrected chi connectivity index (χ1v) is 9.87. The second-order valence-electron chi connectivity index (χ2n) is 6.93. The highest BCUT2D eigenvalue weighted by molar-refractivity contribution is 5.89. The topological polar surface area (TPSA) is 197 Å². The number of rotatable bonds is 11. The number of carbonyl (C=O) groups is 3. The van der Waals surface area contributed by atoms with Gasteiger partial charge in [0.15, 0.2) is 0 Å². The number of anilines is 1. The van der Waals surface area contributed by atoms with E-state index in [2.05, 4.69) is 10.6 Å². The predicted octanol–water partition coefficient (Wildman–Crippen LogP) is 1.11. The highest BCUT2D eigenvalue weighted by atomic mass is 16.5. The lowest BCUT2D eigenvalue weighted by Crippen LogP contribution is -2.32. The molecule has 0 saturated carbocycles. The third kappa shape index (κ3) is 11.6. The van der Waals surface area contributed by atoms with Crippen molar-refractivity contribution in [3.05, 3.63) is 65.7 Å². The first kappa shape index (κ1) is 30.1. The van der Waals surface area contributed by atoms with Gasteiger partial charge >= 0.3 is 11.9 Å². The second kappa shape index (κ2) is 15.8. The molecule has 0 bridgehead atoms. The van der Waals surface area contributed by atoms with E-state index in [0.717, 1.165) is 12.2 Å². The van der Waals surface area contributed by atoms with Gasteiger partial charge in [-0.25, -0.2) is 9.59 Å². The SMILES string of the molecule is COc1ccc(C[C@@H](C)NCC(O)c2ccc(O)c(NC=O)c2)cc1.O.O=C(O)/C=C/C(=O)O. The van der Waals surface area contributed by atoms with Gasteiger partial charge in [0.25, 0.3) is 0 Å². The van der Waals surface area contributed by atoms with Crippen LogP contribution in [0.15, 0.2) is 54.6 Å². The van der Waals surface area contributed by atoms with Gasteiger partial charge in [-0.05, 0) is 48.7 Å². The number of aromatic hydroxyl groups is 1. The summed E-state index contributed by atoms with van der Waals surface area (Å²) in [6.07, 6.45) is 1.68. The smallest absolute Gasteiger partial charge is 0.328 e. The van der Waals surface area contributed by atoms with Gasteiger partial charge in [-0.3, -0.25) is 4.79 Å². The summed E-state index contributed by atoms with van der Waals surface area (Å²) in [5, 5.41) is 41.3. The summed E-state index contributed by atoms with van der Waals surface area (Å²) in [6, 6.07) is 12.7. The molecule has 2 atom stereocenters. The summed E-state index contributed by atoms with van der Waals surface area (Å²) < 4.78 is 5.14. The quantitative estimate of drug-likeness (QED) is 0.156. The van der Waals surface area contributed by atoms with E-state index < -0.39 is 18.0 Å². The number of phenolic OH excluding ortho intramolecular Hbond substituents is 1. The molecule has 2 aromatic rings. The minimum atomic E-state index is -1.26. The zero-order chi connectivity index (χ0) is 24.8. The van der Waals surface area contributed by atoms with E-state index in [0.29, 0.717) is 30.7 Å². The Kier molecular flexibility index (Phi) is 14.0. The zero-order valence-electron chi connectivity index (χ0n) is 18.8. The standard InChI is InChI=1S/C19H24N2O4.C4H4O4.H2O/c1-13(9-14-3-6-16(25-2)7-4-14)20-11-19(24)15-5-8-18(23)17(10-15)21-12-22;5-3(6)1-2-4(7)8;/h3-8,10,12-13,19-20,23-24H,9,11H2,1-2H3,(H,21,22);1-2H,(H,5,6)(H,7,8);1H2/b;2-1+;/t13-,19?;;/m1../s1. The molecule has 186 valence electrons. The molecular formula is C23H30N2O9. The Morgan fingerprint density at radius 2 is 1.65 bits per heavy atom. The molecule has 0 saturated heterocycles. The first-order chi connectivity index (χ1) is 15.7. The molecule has 0 aliphatic rings. The first-order valence-electron chi connectivity index (χ1n) is 9.87. The molecule has 0 aromatic heterocycles. The van der Waals surface area contributed by atoms with Crippen LogP contribution < -0.4 is 15.4 Å². The van der Waals surface area contributed by atoms with E-state index in [9.17, 15) is 24.6 Å². The van der Waals surface area contributed by atoms with Gasteiger partial charge in [-0.15, -0.1) is 0 Å². The van der Waals surface area contributed by atoms with E-state index in [1.807, 2.05) is 31.2 Å². The molecule has 0 fully saturated rings. The summed E-state index contributed by atoms with van der Waals surface area (Å²) in [6.45, 7) is 2.41. The fraction of sp³-hybridized carbons (Fsp3) is 0.261. The minimum absolute atomic E-state index is 0. The molecule has 1 unspecified atom stereocenters. The molecule has 0 aliphatic heterocycles. The van der Waals surface area contributed by atoms with Gasteiger partial charge in [0.05, 0.1) is 18.9 Å². The third-order valence-electron chi connectivity index (χ3n) is 4.35. The lowest BCUT2D eigenvalue weighted by atomic mass is 10.1. The lowest BCUT2D eigenvalue weighted by molar-refractivity contribution is -0.134. The van der Waals surface area contributed by atoms with Crippen molar-refractivity contribution in [3.63, 3.8) is 0 Å². The van der Waals surface area contributed by atoms with Crippen LogP contribution in [0, 0.1) is 0 Å². The molecule has 0 spiro atoms. The van der Waals surface area contributed by atoms with Crippen molar-refractivity contribution in [2.24, 2.45) is 0 Å². The Bertz CT molecular complexity index is 930. The van der Waals surface area contributed by atoms with Crippen LogP contribution in [0.25, 0.3) is 0 Å². The molecular weight excluding hydrogens is 448 g/mol. The summed E-state index contributed by atoms with van der Waals surface area (Å²) in [4.78, 5) is 29.6. The fourth-order valence-corrected chi connectivity index (χ4v) is 2.70. The number of carboxylic acids is 2. The molecule has 0 aliphatic carbocycles. The van der Waals surface area contributed by atoms with Gasteiger partial charge in [0.2, 0.25) is 6.41 Å². The number of amides is 1. The number of aliphatic carboxylic acids is 2. The number of hydrogen-bond donors (Lipinski definition) is 6. The van der Waals surface area contributed by atoms with Crippen molar-refractivity contribution in [3.8, 4) is 11.5 Å². The molecule has 2 rings (SSSR count). The van der Waals surface area contributed by atoms with Crippen LogP contribution in [0.4, 0.5) is 5.69 Å². The average Bonchev–Trinajstić information content (AvgIpc) is 2.78. The Labute approximate surface area is 196 Å². The number of aliphatic hydroxyl groups is 1. The summed E-state index contributed by atoms with van der Waals surface area (Å²) in [7, 11) is 1.64. The summed E-state index contributed by atoms with van der Waals surface area (Å²) >= 11 is 0. The van der Waals surface area contributed by atoms with Crippen LogP contribution in [-0.2, 0) is 20.8 Å². The lowest BCUT2D eigenvalue weighted by Gasteiger charge is -2.18. The van der Waals surface area contributed by atoms with Gasteiger partial charge < -0.3 is 41.3 Å². The van der Waals surface area contributed by atoms with Crippen molar-refractivity contribution >= 4 is 24.0 Å². The maximum Gasteiger partial charge on any atom is 0.328 e. The van der Waals surface area contributed by atoms with Crippen LogP contribution in [0.2, 0.25) is 0 Å². The minimum Gasteiger partial charge on any atom is -0.506 e. The van der Waals surface area contributed by atoms with E-state index in [1.54, 1.807) is 19.2 Å². The van der Waals surface area contributed by atoms with Crippen molar-refractivity contribution in [2.75, 3.05) is 19.0 Å². The zero-order valence-corrected chi connectivity index (χ0v) is 18.8. The molecule has 1 amide bonds. The van der Waals surface area contributed by atoms with Crippen LogP contribution in [-0.4, -0.2) is 63.9 Å². The van der Waals surface area contributed by atoms with Crippen LogP contribution in [0.5, 0.6) is 11.5 Å². The highest BCUT2D eigenvalue weighted by Crippen LogP contribution is 2.26. The summed E-state index contributed by atoms with van der Waals surface area (Å²) in [5.74, 6) is -1.73. The van der Waals surface area contributed by atoms with Crippen molar-refractivity contribution < 1.29 is 45.0 Å². The molecule has 11 nitrogen and oxygen atoms in total. The fourth-order valence-electron chi connectivity index (χ4n) is 2.70. The molecule has 0 heterocycles. The largest absolute Gasteiger partial charge is 0.506 e. The third-order valence-corrected chi connectivity index (χ3v) is 4.35. The number of hydrogen-bond acceptors (Lipinski definition) is 7. The number of nitrogens with one attached hydrogen (secondary N) is 2. The average molecular weight is 478 g/mol. The number of phenols is 1. The van der Waals surface area contributed by atoms with E-state index in [1.165, 1.54) is 11.6 Å². The van der Waals surface area contributed by atoms with Gasteiger partial charge in [-0.1, -0.05) is 18.2 Å². The van der Waals surface area contributed by atoms with Crippen LogP contribution >= 0.6 is 0 Å². The number of carbonyl (C=O) groups excluding carboxylic acids is 1. The Morgan fingerprint density at radius 3 is 2.15 bits per heavy atom. The highest BCUT2D eigenvalue weighted by Gasteiger charge is 2.12. The van der Waals surface area contributed by atoms with Crippen molar-refractivity contribution in [2.45, 2.75) is 25.5 Å².